The fraction of sp³-hybridized carbons (Fsp3) is 0.429. The third kappa shape index (κ3) is 6.04. The second-order valence-corrected chi connectivity index (χ2v) is 9.41. The summed E-state index contributed by atoms with van der Waals surface area (Å²) in [6.07, 6.45) is 6.07. The SMILES string of the molecule is C/C=C/C1CCC2CC(c3ccc(C#Cc4ccc(OC(F)(F)F)c(F)c4F)c(F)c3)CCC2C1. The second kappa shape index (κ2) is 10.4. The lowest BCUT2D eigenvalue weighted by Gasteiger charge is -2.41. The van der Waals surface area contributed by atoms with Crippen molar-refractivity contribution in [2.45, 2.75) is 57.7 Å². The molecule has 4 atom stereocenters. The van der Waals surface area contributed by atoms with Crippen molar-refractivity contribution in [3.05, 3.63) is 76.6 Å². The molecule has 0 heterocycles. The predicted molar refractivity (Wildman–Crippen MR) is 121 cm³/mol. The molecule has 0 bridgehead atoms. The van der Waals surface area contributed by atoms with E-state index in [1.54, 1.807) is 0 Å². The molecule has 4 rings (SSSR count). The maximum atomic E-state index is 14.8. The van der Waals surface area contributed by atoms with Crippen LogP contribution in [-0.4, -0.2) is 6.36 Å². The van der Waals surface area contributed by atoms with Crippen LogP contribution in [0.4, 0.5) is 26.3 Å². The highest BCUT2D eigenvalue weighted by Crippen LogP contribution is 2.48. The fourth-order valence-corrected chi connectivity index (χ4v) is 5.53. The van der Waals surface area contributed by atoms with E-state index in [9.17, 15) is 26.3 Å². The van der Waals surface area contributed by atoms with Crippen LogP contribution in [-0.2, 0) is 0 Å². The third-order valence-electron chi connectivity index (χ3n) is 7.19. The number of ether oxygens (including phenoxy) is 1. The van der Waals surface area contributed by atoms with Gasteiger partial charge < -0.3 is 4.74 Å². The van der Waals surface area contributed by atoms with Gasteiger partial charge in [-0.25, -0.2) is 8.78 Å². The number of allylic oxidation sites excluding steroid dienone is 2. The zero-order valence-corrected chi connectivity index (χ0v) is 19.3. The summed E-state index contributed by atoms with van der Waals surface area (Å²) in [5.41, 5.74) is 0.421. The van der Waals surface area contributed by atoms with Crippen molar-refractivity contribution in [2.24, 2.45) is 17.8 Å². The van der Waals surface area contributed by atoms with E-state index in [-0.39, 0.29) is 11.5 Å². The molecule has 2 aromatic carbocycles. The maximum Gasteiger partial charge on any atom is 0.573 e. The minimum Gasteiger partial charge on any atom is -0.403 e. The topological polar surface area (TPSA) is 9.23 Å². The summed E-state index contributed by atoms with van der Waals surface area (Å²) in [7, 11) is 0. The maximum absolute atomic E-state index is 14.8. The lowest BCUT2D eigenvalue weighted by Crippen LogP contribution is -2.30. The Balaban J connectivity index is 1.45. The van der Waals surface area contributed by atoms with Crippen LogP contribution in [0.1, 0.15) is 68.1 Å². The van der Waals surface area contributed by atoms with Crippen LogP contribution in [0.25, 0.3) is 0 Å². The van der Waals surface area contributed by atoms with Gasteiger partial charge in [-0.15, -0.1) is 13.2 Å². The summed E-state index contributed by atoms with van der Waals surface area (Å²) >= 11 is 0. The zero-order valence-electron chi connectivity index (χ0n) is 19.3. The summed E-state index contributed by atoms with van der Waals surface area (Å²) in [5, 5.41) is 0. The molecule has 7 heteroatoms. The summed E-state index contributed by atoms with van der Waals surface area (Å²) in [5.74, 6) is 1.83. The minimum atomic E-state index is -5.16. The number of alkyl halides is 3. The quantitative estimate of drug-likeness (QED) is 0.238. The average Bonchev–Trinajstić information content (AvgIpc) is 2.81. The molecule has 2 fully saturated rings. The van der Waals surface area contributed by atoms with E-state index in [0.29, 0.717) is 17.9 Å². The molecule has 0 aromatic heterocycles. The number of halogens is 6. The normalized spacial score (nSPS) is 24.5. The number of fused-ring (bicyclic) bond motifs is 1. The van der Waals surface area contributed by atoms with Crippen LogP contribution in [0.2, 0.25) is 0 Å². The number of rotatable bonds is 3. The highest BCUT2D eigenvalue weighted by Gasteiger charge is 2.35. The van der Waals surface area contributed by atoms with Gasteiger partial charge in [0.15, 0.2) is 11.6 Å². The molecule has 2 aliphatic carbocycles. The Morgan fingerprint density at radius 3 is 2.26 bits per heavy atom. The fourth-order valence-electron chi connectivity index (χ4n) is 5.53. The average molecular weight is 493 g/mol. The van der Waals surface area contributed by atoms with E-state index < -0.39 is 35.1 Å². The summed E-state index contributed by atoms with van der Waals surface area (Å²) in [4.78, 5) is 0. The second-order valence-electron chi connectivity index (χ2n) is 9.41. The first kappa shape index (κ1) is 25.2. The van der Waals surface area contributed by atoms with Gasteiger partial charge in [-0.3, -0.25) is 0 Å². The van der Waals surface area contributed by atoms with E-state index in [1.807, 2.05) is 6.07 Å². The standard InChI is InChI=1S/C28H26F6O/c1-2-3-17-4-5-21-15-22(11-10-20(21)14-17)23-9-7-18(24(29)16-23)6-8-19-12-13-25(27(31)26(19)30)35-28(32,33)34/h2-3,7,9,12-13,16-17,20-22H,4-5,10-11,14-15H2,1H3/b3-2+. The van der Waals surface area contributed by atoms with Gasteiger partial charge in [0, 0.05) is 0 Å². The Bertz CT molecular complexity index is 1160. The molecule has 0 amide bonds. The first-order chi connectivity index (χ1) is 16.6. The molecular formula is C28H26F6O. The molecule has 0 N–H and O–H groups in total. The van der Waals surface area contributed by atoms with E-state index in [0.717, 1.165) is 36.8 Å². The Labute approximate surface area is 201 Å². The number of hydrogen-bond donors (Lipinski definition) is 0. The van der Waals surface area contributed by atoms with Gasteiger partial charge in [0.2, 0.25) is 5.82 Å². The summed E-state index contributed by atoms with van der Waals surface area (Å²) in [6, 6.07) is 6.29. The molecule has 35 heavy (non-hydrogen) atoms. The predicted octanol–water partition coefficient (Wildman–Crippen LogP) is 8.28. The molecule has 2 aliphatic rings. The molecule has 186 valence electrons. The Morgan fingerprint density at radius 2 is 1.54 bits per heavy atom. The van der Waals surface area contributed by atoms with Gasteiger partial charge >= 0.3 is 6.36 Å². The first-order valence-electron chi connectivity index (χ1n) is 11.8. The first-order valence-corrected chi connectivity index (χ1v) is 11.8. The van der Waals surface area contributed by atoms with Crippen molar-refractivity contribution < 1.29 is 31.1 Å². The number of benzene rings is 2. The van der Waals surface area contributed by atoms with Gasteiger partial charge in [0.05, 0.1) is 11.1 Å². The van der Waals surface area contributed by atoms with Crippen molar-refractivity contribution >= 4 is 0 Å². The molecule has 0 saturated heterocycles. The van der Waals surface area contributed by atoms with E-state index in [4.69, 9.17) is 0 Å². The molecule has 1 nitrogen and oxygen atoms in total. The van der Waals surface area contributed by atoms with E-state index >= 15 is 0 Å². The molecule has 0 aliphatic heterocycles. The monoisotopic (exact) mass is 492 g/mol. The van der Waals surface area contributed by atoms with Crippen molar-refractivity contribution in [2.75, 3.05) is 0 Å². The number of hydrogen-bond acceptors (Lipinski definition) is 1. The summed E-state index contributed by atoms with van der Waals surface area (Å²) in [6.45, 7) is 2.06. The molecule has 0 spiro atoms. The van der Waals surface area contributed by atoms with Crippen LogP contribution < -0.4 is 4.74 Å². The van der Waals surface area contributed by atoms with E-state index in [1.165, 1.54) is 31.4 Å². The van der Waals surface area contributed by atoms with Gasteiger partial charge in [0.1, 0.15) is 5.82 Å². The molecule has 2 saturated carbocycles. The Hall–Kier alpha value is -2.88. The van der Waals surface area contributed by atoms with Crippen molar-refractivity contribution in [1.29, 1.82) is 0 Å². The van der Waals surface area contributed by atoms with Crippen LogP contribution in [0.5, 0.6) is 5.75 Å². The van der Waals surface area contributed by atoms with Gasteiger partial charge in [-0.05, 0) is 98.9 Å². The largest absolute Gasteiger partial charge is 0.573 e. The molecule has 2 aromatic rings. The molecule has 0 radical (unpaired) electrons. The minimum absolute atomic E-state index is 0.00437. The molecular weight excluding hydrogens is 466 g/mol. The molecule has 4 unspecified atom stereocenters. The van der Waals surface area contributed by atoms with Crippen LogP contribution >= 0.6 is 0 Å². The lowest BCUT2D eigenvalue weighted by molar-refractivity contribution is -0.275. The lowest BCUT2D eigenvalue weighted by atomic mass is 9.64. The smallest absolute Gasteiger partial charge is 0.403 e. The van der Waals surface area contributed by atoms with Crippen molar-refractivity contribution in [1.82, 2.24) is 0 Å². The Kier molecular flexibility index (Phi) is 7.49. The zero-order chi connectivity index (χ0) is 25.2. The van der Waals surface area contributed by atoms with E-state index in [2.05, 4.69) is 35.7 Å². The van der Waals surface area contributed by atoms with Crippen molar-refractivity contribution in [3.63, 3.8) is 0 Å². The van der Waals surface area contributed by atoms with Crippen LogP contribution in [0.15, 0.2) is 42.5 Å². The van der Waals surface area contributed by atoms with Gasteiger partial charge in [0.25, 0.3) is 0 Å². The van der Waals surface area contributed by atoms with Crippen molar-refractivity contribution in [3.8, 4) is 17.6 Å². The van der Waals surface area contributed by atoms with Gasteiger partial charge in [-0.2, -0.15) is 4.39 Å². The third-order valence-corrected chi connectivity index (χ3v) is 7.19. The highest BCUT2D eigenvalue weighted by molar-refractivity contribution is 5.47. The highest BCUT2D eigenvalue weighted by atomic mass is 19.4. The Morgan fingerprint density at radius 1 is 0.857 bits per heavy atom. The van der Waals surface area contributed by atoms with Gasteiger partial charge in [-0.1, -0.05) is 30.1 Å². The van der Waals surface area contributed by atoms with Crippen LogP contribution in [0.3, 0.4) is 0 Å². The summed E-state index contributed by atoms with van der Waals surface area (Å²) < 4.78 is 83.1. The van der Waals surface area contributed by atoms with Crippen LogP contribution in [0, 0.1) is 47.0 Å².